The predicted octanol–water partition coefficient (Wildman–Crippen LogP) is 1.84. The second kappa shape index (κ2) is 5.97. The fraction of sp³-hybridized carbons (Fsp3) is 0.235. The largest absolute Gasteiger partial charge is 0.368 e. The highest BCUT2D eigenvalue weighted by molar-refractivity contribution is 5.98. The Morgan fingerprint density at radius 1 is 1.05 bits per heavy atom. The highest BCUT2D eigenvalue weighted by Crippen LogP contribution is 2.22. The van der Waals surface area contributed by atoms with Crippen molar-refractivity contribution in [2.75, 3.05) is 6.54 Å². The molecule has 0 aliphatic carbocycles. The average molecular weight is 295 g/mol. The molecule has 0 spiro atoms. The number of pyridine rings is 1. The lowest BCUT2D eigenvalue weighted by atomic mass is 10.0. The standard InChI is InChI=1S/C17H17N3O2/c18-16(21)15-2-1-11-20(15)17(22)14-5-3-12(4-6-14)13-7-9-19-10-8-13/h3-10,15H,1-2,11H2,(H2,18,21). The van der Waals surface area contributed by atoms with Crippen molar-refractivity contribution in [2.45, 2.75) is 18.9 Å². The van der Waals surface area contributed by atoms with Gasteiger partial charge in [-0.2, -0.15) is 0 Å². The normalized spacial score (nSPS) is 17.5. The van der Waals surface area contributed by atoms with Gasteiger partial charge < -0.3 is 10.6 Å². The molecule has 2 amide bonds. The maximum absolute atomic E-state index is 12.5. The lowest BCUT2D eigenvalue weighted by Gasteiger charge is -2.22. The van der Waals surface area contributed by atoms with Gasteiger partial charge in [-0.25, -0.2) is 0 Å². The van der Waals surface area contributed by atoms with Gasteiger partial charge in [0.25, 0.3) is 5.91 Å². The number of hydrogen-bond donors (Lipinski definition) is 1. The molecular formula is C17H17N3O2. The number of aromatic nitrogens is 1. The van der Waals surface area contributed by atoms with Crippen molar-refractivity contribution in [3.63, 3.8) is 0 Å². The number of nitrogens with zero attached hydrogens (tertiary/aromatic N) is 2. The molecule has 1 aromatic heterocycles. The van der Waals surface area contributed by atoms with Crippen LogP contribution in [0.3, 0.4) is 0 Å². The molecule has 1 atom stereocenters. The minimum Gasteiger partial charge on any atom is -0.368 e. The van der Waals surface area contributed by atoms with E-state index in [0.717, 1.165) is 17.5 Å². The Balaban J connectivity index is 1.81. The van der Waals surface area contributed by atoms with Crippen LogP contribution in [0.15, 0.2) is 48.8 Å². The van der Waals surface area contributed by atoms with Gasteiger partial charge in [0.1, 0.15) is 6.04 Å². The molecule has 2 aromatic rings. The van der Waals surface area contributed by atoms with Gasteiger partial charge in [0.2, 0.25) is 5.91 Å². The van der Waals surface area contributed by atoms with Crippen LogP contribution in [-0.4, -0.2) is 34.3 Å². The van der Waals surface area contributed by atoms with Crippen LogP contribution in [0.4, 0.5) is 0 Å². The zero-order valence-electron chi connectivity index (χ0n) is 12.1. The third kappa shape index (κ3) is 2.70. The first kappa shape index (κ1) is 14.3. The molecule has 1 saturated heterocycles. The van der Waals surface area contributed by atoms with E-state index in [2.05, 4.69) is 4.98 Å². The quantitative estimate of drug-likeness (QED) is 0.938. The Morgan fingerprint density at radius 3 is 2.32 bits per heavy atom. The van der Waals surface area contributed by atoms with Gasteiger partial charge in [0.15, 0.2) is 0 Å². The van der Waals surface area contributed by atoms with Crippen LogP contribution in [0, 0.1) is 0 Å². The van der Waals surface area contributed by atoms with E-state index in [0.29, 0.717) is 18.5 Å². The summed E-state index contributed by atoms with van der Waals surface area (Å²) in [5.74, 6) is -0.568. The SMILES string of the molecule is NC(=O)C1CCCN1C(=O)c1ccc(-c2ccncc2)cc1. The highest BCUT2D eigenvalue weighted by atomic mass is 16.2. The second-order valence-electron chi connectivity index (χ2n) is 5.37. The maximum atomic E-state index is 12.5. The molecule has 0 radical (unpaired) electrons. The molecule has 2 N–H and O–H groups in total. The van der Waals surface area contributed by atoms with Crippen molar-refractivity contribution >= 4 is 11.8 Å². The molecule has 3 rings (SSSR count). The molecule has 22 heavy (non-hydrogen) atoms. The number of amides is 2. The van der Waals surface area contributed by atoms with Crippen LogP contribution in [0.2, 0.25) is 0 Å². The number of carbonyl (C=O) groups excluding carboxylic acids is 2. The van der Waals surface area contributed by atoms with Crippen molar-refractivity contribution < 1.29 is 9.59 Å². The molecule has 1 aliphatic rings. The average Bonchev–Trinajstić information content (AvgIpc) is 3.05. The topological polar surface area (TPSA) is 76.3 Å². The minimum absolute atomic E-state index is 0.137. The lowest BCUT2D eigenvalue weighted by Crippen LogP contribution is -2.43. The fourth-order valence-electron chi connectivity index (χ4n) is 2.82. The van der Waals surface area contributed by atoms with Crippen molar-refractivity contribution in [1.82, 2.24) is 9.88 Å². The highest BCUT2D eigenvalue weighted by Gasteiger charge is 2.32. The second-order valence-corrected chi connectivity index (χ2v) is 5.37. The molecular weight excluding hydrogens is 278 g/mol. The lowest BCUT2D eigenvalue weighted by molar-refractivity contribution is -0.121. The van der Waals surface area contributed by atoms with Gasteiger partial charge in [-0.3, -0.25) is 14.6 Å². The number of carbonyl (C=O) groups is 2. The van der Waals surface area contributed by atoms with E-state index < -0.39 is 11.9 Å². The van der Waals surface area contributed by atoms with Gasteiger partial charge in [0, 0.05) is 24.5 Å². The summed E-state index contributed by atoms with van der Waals surface area (Å²) in [6.07, 6.45) is 4.93. The zero-order chi connectivity index (χ0) is 15.5. The Kier molecular flexibility index (Phi) is 3.87. The first-order valence-corrected chi connectivity index (χ1v) is 7.27. The summed E-state index contributed by atoms with van der Waals surface area (Å²) in [4.78, 5) is 29.5. The molecule has 1 fully saturated rings. The molecule has 1 aromatic carbocycles. The third-order valence-corrected chi connectivity index (χ3v) is 3.99. The maximum Gasteiger partial charge on any atom is 0.254 e. The number of nitrogens with two attached hydrogens (primary N) is 1. The molecule has 0 bridgehead atoms. The Bertz CT molecular complexity index is 683. The van der Waals surface area contributed by atoms with Gasteiger partial charge in [0.05, 0.1) is 0 Å². The molecule has 5 nitrogen and oxygen atoms in total. The van der Waals surface area contributed by atoms with E-state index in [1.54, 1.807) is 29.4 Å². The smallest absolute Gasteiger partial charge is 0.254 e. The number of benzene rings is 1. The van der Waals surface area contributed by atoms with Crippen LogP contribution >= 0.6 is 0 Å². The molecule has 112 valence electrons. The summed E-state index contributed by atoms with van der Waals surface area (Å²) in [6, 6.07) is 10.7. The number of hydrogen-bond acceptors (Lipinski definition) is 3. The van der Waals surface area contributed by atoms with Crippen LogP contribution in [0.25, 0.3) is 11.1 Å². The van der Waals surface area contributed by atoms with E-state index in [9.17, 15) is 9.59 Å². The summed E-state index contributed by atoms with van der Waals surface area (Å²) in [5.41, 5.74) is 8.01. The first-order valence-electron chi connectivity index (χ1n) is 7.27. The summed E-state index contributed by atoms with van der Waals surface area (Å²) >= 11 is 0. The summed E-state index contributed by atoms with van der Waals surface area (Å²) in [5, 5.41) is 0. The van der Waals surface area contributed by atoms with Crippen molar-refractivity contribution in [2.24, 2.45) is 5.73 Å². The first-order chi connectivity index (χ1) is 10.7. The van der Waals surface area contributed by atoms with Crippen LogP contribution < -0.4 is 5.73 Å². The number of primary amides is 1. The summed E-state index contributed by atoms with van der Waals surface area (Å²) in [7, 11) is 0. The Labute approximate surface area is 128 Å². The van der Waals surface area contributed by atoms with Crippen molar-refractivity contribution in [1.29, 1.82) is 0 Å². The Hall–Kier alpha value is -2.69. The molecule has 2 heterocycles. The summed E-state index contributed by atoms with van der Waals surface area (Å²) in [6.45, 7) is 0.582. The third-order valence-electron chi connectivity index (χ3n) is 3.99. The van der Waals surface area contributed by atoms with E-state index in [1.807, 2.05) is 24.3 Å². The van der Waals surface area contributed by atoms with Crippen LogP contribution in [-0.2, 0) is 4.79 Å². The molecule has 5 heteroatoms. The summed E-state index contributed by atoms with van der Waals surface area (Å²) < 4.78 is 0. The zero-order valence-corrected chi connectivity index (χ0v) is 12.1. The fourth-order valence-corrected chi connectivity index (χ4v) is 2.82. The van der Waals surface area contributed by atoms with E-state index in [4.69, 9.17) is 5.73 Å². The molecule has 1 aliphatic heterocycles. The van der Waals surface area contributed by atoms with Crippen LogP contribution in [0.1, 0.15) is 23.2 Å². The molecule has 1 unspecified atom stereocenters. The van der Waals surface area contributed by atoms with Gasteiger partial charge >= 0.3 is 0 Å². The Morgan fingerprint density at radius 2 is 1.68 bits per heavy atom. The minimum atomic E-state index is -0.479. The van der Waals surface area contributed by atoms with Crippen molar-refractivity contribution in [3.05, 3.63) is 54.4 Å². The van der Waals surface area contributed by atoms with Crippen LogP contribution in [0.5, 0.6) is 0 Å². The van der Waals surface area contributed by atoms with Gasteiger partial charge in [-0.05, 0) is 48.2 Å². The number of likely N-dealkylation sites (tertiary alicyclic amines) is 1. The molecule has 0 saturated carbocycles. The van der Waals surface area contributed by atoms with E-state index in [-0.39, 0.29) is 5.91 Å². The van der Waals surface area contributed by atoms with Gasteiger partial charge in [-0.1, -0.05) is 12.1 Å². The number of rotatable bonds is 3. The van der Waals surface area contributed by atoms with Gasteiger partial charge in [-0.15, -0.1) is 0 Å². The van der Waals surface area contributed by atoms with E-state index in [1.165, 1.54) is 0 Å². The monoisotopic (exact) mass is 295 g/mol. The predicted molar refractivity (Wildman–Crippen MR) is 82.9 cm³/mol. The van der Waals surface area contributed by atoms with E-state index >= 15 is 0 Å². The van der Waals surface area contributed by atoms with Crippen molar-refractivity contribution in [3.8, 4) is 11.1 Å².